The first kappa shape index (κ1) is 17.0. The lowest BCUT2D eigenvalue weighted by Gasteiger charge is -2.04. The average molecular weight is 230 g/mol. The van der Waals surface area contributed by atoms with Crippen molar-refractivity contribution in [2.24, 2.45) is 0 Å². The molecule has 2 amide bonds. The van der Waals surface area contributed by atoms with Crippen LogP contribution in [0.15, 0.2) is 0 Å². The second-order valence-corrected chi connectivity index (χ2v) is 3.01. The van der Waals surface area contributed by atoms with Crippen molar-refractivity contribution in [2.45, 2.75) is 40.5 Å². The predicted molar refractivity (Wildman–Crippen MR) is 63.0 cm³/mol. The molecule has 0 aromatic rings. The van der Waals surface area contributed by atoms with Gasteiger partial charge in [0.1, 0.15) is 5.78 Å². The van der Waals surface area contributed by atoms with Crippen LogP contribution in [0.25, 0.3) is 0 Å². The Kier molecular flexibility index (Phi) is 12.4. The Morgan fingerprint density at radius 1 is 0.938 bits per heavy atom. The van der Waals surface area contributed by atoms with E-state index in [1.54, 1.807) is 0 Å². The van der Waals surface area contributed by atoms with Gasteiger partial charge in [0.05, 0.1) is 13.1 Å². The number of nitrogens with one attached hydrogen (secondary N) is 2. The number of rotatable bonds is 6. The van der Waals surface area contributed by atoms with Gasteiger partial charge in [-0.1, -0.05) is 20.8 Å². The molecule has 0 aromatic carbocycles. The summed E-state index contributed by atoms with van der Waals surface area (Å²) in [5, 5.41) is 4.82. The van der Waals surface area contributed by atoms with Crippen LogP contribution in [0, 0.1) is 0 Å². The molecule has 16 heavy (non-hydrogen) atoms. The minimum absolute atomic E-state index is 0.0164. The zero-order valence-electron chi connectivity index (χ0n) is 10.6. The Hall–Kier alpha value is -1.39. The largest absolute Gasteiger partial charge is 0.348 e. The summed E-state index contributed by atoms with van der Waals surface area (Å²) in [6, 6.07) is 0. The Bertz CT molecular complexity index is 227. The Morgan fingerprint density at radius 3 is 1.88 bits per heavy atom. The van der Waals surface area contributed by atoms with Crippen molar-refractivity contribution >= 4 is 17.6 Å². The van der Waals surface area contributed by atoms with Crippen molar-refractivity contribution in [3.8, 4) is 0 Å². The minimum Gasteiger partial charge on any atom is -0.348 e. The molecule has 5 nitrogen and oxygen atoms in total. The Morgan fingerprint density at radius 2 is 1.44 bits per heavy atom. The maximum absolute atomic E-state index is 11.0. The van der Waals surface area contributed by atoms with Gasteiger partial charge in [-0.3, -0.25) is 14.4 Å². The average Bonchev–Trinajstić information content (AvgIpc) is 2.26. The van der Waals surface area contributed by atoms with Crippen LogP contribution in [-0.2, 0) is 14.4 Å². The zero-order valence-corrected chi connectivity index (χ0v) is 10.6. The topological polar surface area (TPSA) is 75.3 Å². The minimum atomic E-state index is -0.343. The van der Waals surface area contributed by atoms with E-state index in [0.29, 0.717) is 6.42 Å². The highest BCUT2D eigenvalue weighted by atomic mass is 16.2. The third-order valence-electron chi connectivity index (χ3n) is 1.46. The molecule has 0 aliphatic heterocycles. The highest BCUT2D eigenvalue weighted by molar-refractivity contribution is 5.88. The standard InChI is InChI=1S/C9H16N2O3.C2H6/c1-3-4-8(13)11-6-9(14)10-5-7(2)12;1-2/h3-6H2,1-2H3,(H,10,14)(H,11,13);1-2H3. The van der Waals surface area contributed by atoms with Gasteiger partial charge in [0.15, 0.2) is 0 Å². The molecule has 0 atom stereocenters. The van der Waals surface area contributed by atoms with E-state index < -0.39 is 0 Å². The third kappa shape index (κ3) is 12.6. The van der Waals surface area contributed by atoms with E-state index in [1.165, 1.54) is 6.92 Å². The summed E-state index contributed by atoms with van der Waals surface area (Å²) in [4.78, 5) is 32.4. The maximum atomic E-state index is 11.0. The van der Waals surface area contributed by atoms with Crippen LogP contribution < -0.4 is 10.6 Å². The molecular weight excluding hydrogens is 208 g/mol. The molecule has 5 heteroatoms. The number of ketones is 1. The van der Waals surface area contributed by atoms with E-state index in [-0.39, 0.29) is 30.7 Å². The number of amides is 2. The first-order chi connectivity index (χ1) is 7.56. The van der Waals surface area contributed by atoms with Crippen LogP contribution in [0.1, 0.15) is 40.5 Å². The van der Waals surface area contributed by atoms with Gasteiger partial charge in [-0.2, -0.15) is 0 Å². The third-order valence-corrected chi connectivity index (χ3v) is 1.46. The second-order valence-electron chi connectivity index (χ2n) is 3.01. The molecule has 0 unspecified atom stereocenters. The van der Waals surface area contributed by atoms with Gasteiger partial charge < -0.3 is 10.6 Å². The molecule has 0 bridgehead atoms. The van der Waals surface area contributed by atoms with Crippen LogP contribution in [0.2, 0.25) is 0 Å². The van der Waals surface area contributed by atoms with Crippen molar-refractivity contribution in [2.75, 3.05) is 13.1 Å². The van der Waals surface area contributed by atoms with Gasteiger partial charge in [0.25, 0.3) is 0 Å². The number of carbonyl (C=O) groups is 3. The monoisotopic (exact) mass is 230 g/mol. The molecule has 0 spiro atoms. The van der Waals surface area contributed by atoms with E-state index in [4.69, 9.17) is 0 Å². The summed E-state index contributed by atoms with van der Waals surface area (Å²) in [5.41, 5.74) is 0. The lowest BCUT2D eigenvalue weighted by molar-refractivity contribution is -0.127. The van der Waals surface area contributed by atoms with E-state index in [0.717, 1.165) is 6.42 Å². The van der Waals surface area contributed by atoms with E-state index in [9.17, 15) is 14.4 Å². The molecule has 0 aliphatic rings. The molecule has 0 aliphatic carbocycles. The van der Waals surface area contributed by atoms with Gasteiger partial charge in [0, 0.05) is 6.42 Å². The fourth-order valence-electron chi connectivity index (χ4n) is 0.780. The molecule has 0 saturated heterocycles. The van der Waals surface area contributed by atoms with E-state index in [2.05, 4.69) is 10.6 Å². The molecule has 0 saturated carbocycles. The molecule has 0 fully saturated rings. The first-order valence-electron chi connectivity index (χ1n) is 5.59. The summed E-state index contributed by atoms with van der Waals surface area (Å²) < 4.78 is 0. The van der Waals surface area contributed by atoms with Crippen molar-refractivity contribution in [1.82, 2.24) is 10.6 Å². The van der Waals surface area contributed by atoms with Crippen LogP contribution >= 0.6 is 0 Å². The van der Waals surface area contributed by atoms with Crippen molar-refractivity contribution in [1.29, 1.82) is 0 Å². The van der Waals surface area contributed by atoms with Crippen molar-refractivity contribution in [3.63, 3.8) is 0 Å². The van der Waals surface area contributed by atoms with Crippen LogP contribution in [0.3, 0.4) is 0 Å². The molecule has 94 valence electrons. The number of hydrogen-bond donors (Lipinski definition) is 2. The summed E-state index contributed by atoms with van der Waals surface area (Å²) in [7, 11) is 0. The highest BCUT2D eigenvalue weighted by Gasteiger charge is 2.04. The number of hydrogen-bond acceptors (Lipinski definition) is 3. The number of Topliss-reactive ketones (excluding diaryl/α,β-unsaturated/α-hetero) is 1. The summed E-state index contributed by atoms with van der Waals surface area (Å²) in [6.07, 6.45) is 1.17. The van der Waals surface area contributed by atoms with Crippen LogP contribution in [0.4, 0.5) is 0 Å². The second kappa shape index (κ2) is 11.7. The quantitative estimate of drug-likeness (QED) is 0.703. The molecule has 0 radical (unpaired) electrons. The maximum Gasteiger partial charge on any atom is 0.239 e. The van der Waals surface area contributed by atoms with Crippen LogP contribution in [-0.4, -0.2) is 30.7 Å². The fourth-order valence-corrected chi connectivity index (χ4v) is 0.780. The number of carbonyl (C=O) groups excluding carboxylic acids is 3. The molecular formula is C11H22N2O3. The lowest BCUT2D eigenvalue weighted by Crippen LogP contribution is -2.38. The first-order valence-corrected chi connectivity index (χ1v) is 5.59. The smallest absolute Gasteiger partial charge is 0.239 e. The van der Waals surface area contributed by atoms with Gasteiger partial charge >= 0.3 is 0 Å². The fraction of sp³-hybridized carbons (Fsp3) is 0.727. The predicted octanol–water partition coefficient (Wildman–Crippen LogP) is 0.634. The van der Waals surface area contributed by atoms with Gasteiger partial charge in [-0.15, -0.1) is 0 Å². The van der Waals surface area contributed by atoms with Crippen molar-refractivity contribution < 1.29 is 14.4 Å². The molecule has 0 heterocycles. The SMILES string of the molecule is CC.CCCC(=O)NCC(=O)NCC(C)=O. The molecule has 0 aromatic heterocycles. The normalized spacial score (nSPS) is 8.50. The molecule has 0 rings (SSSR count). The van der Waals surface area contributed by atoms with E-state index in [1.807, 2.05) is 20.8 Å². The summed E-state index contributed by atoms with van der Waals surface area (Å²) in [6.45, 7) is 7.22. The summed E-state index contributed by atoms with van der Waals surface area (Å²) in [5.74, 6) is -0.603. The van der Waals surface area contributed by atoms with Gasteiger partial charge in [0.2, 0.25) is 11.8 Å². The van der Waals surface area contributed by atoms with E-state index >= 15 is 0 Å². The highest BCUT2D eigenvalue weighted by Crippen LogP contribution is 1.84. The van der Waals surface area contributed by atoms with Crippen LogP contribution in [0.5, 0.6) is 0 Å². The Labute approximate surface area is 97.0 Å². The van der Waals surface area contributed by atoms with Gasteiger partial charge in [-0.25, -0.2) is 0 Å². The zero-order chi connectivity index (χ0) is 13.0. The van der Waals surface area contributed by atoms with Crippen molar-refractivity contribution in [3.05, 3.63) is 0 Å². The Balaban J connectivity index is 0. The summed E-state index contributed by atoms with van der Waals surface area (Å²) >= 11 is 0. The molecule has 2 N–H and O–H groups in total. The van der Waals surface area contributed by atoms with Gasteiger partial charge in [-0.05, 0) is 13.3 Å². The lowest BCUT2D eigenvalue weighted by atomic mass is 10.3.